The van der Waals surface area contributed by atoms with Crippen molar-refractivity contribution in [1.29, 1.82) is 0 Å². The van der Waals surface area contributed by atoms with Crippen LogP contribution in [0.25, 0.3) is 11.3 Å². The van der Waals surface area contributed by atoms with Crippen LogP contribution in [0.5, 0.6) is 5.75 Å². The van der Waals surface area contributed by atoms with E-state index in [-0.39, 0.29) is 12.1 Å². The Bertz CT molecular complexity index is 662. The molecule has 1 heterocycles. The third-order valence-electron chi connectivity index (χ3n) is 3.59. The highest BCUT2D eigenvalue weighted by molar-refractivity contribution is 5.67. The molecule has 0 atom stereocenters. The quantitative estimate of drug-likeness (QED) is 0.888. The van der Waals surface area contributed by atoms with E-state index >= 15 is 0 Å². The summed E-state index contributed by atoms with van der Waals surface area (Å²) < 4.78 is 7.22. The highest BCUT2D eigenvalue weighted by atomic mass is 16.5. The number of ether oxygens (including phenoxy) is 1. The second kappa shape index (κ2) is 7.09. The Morgan fingerprint density at radius 2 is 1.95 bits per heavy atom. The van der Waals surface area contributed by atoms with Crippen LogP contribution in [0.15, 0.2) is 41.2 Å². The Hall–Kier alpha value is -2.07. The Kier molecular flexibility index (Phi) is 5.17. The van der Waals surface area contributed by atoms with E-state index in [1.165, 1.54) is 0 Å². The van der Waals surface area contributed by atoms with Gasteiger partial charge in [0.25, 0.3) is 5.56 Å². The monoisotopic (exact) mass is 286 g/mol. The molecule has 0 radical (unpaired) electrons. The number of methoxy groups -OCH3 is 1. The molecule has 0 aliphatic rings. The summed E-state index contributed by atoms with van der Waals surface area (Å²) in [7, 11) is 1.64. The number of hydrogen-bond donors (Lipinski definition) is 1. The molecule has 4 heteroatoms. The summed E-state index contributed by atoms with van der Waals surface area (Å²) in [5.74, 6) is 0.766. The minimum Gasteiger partial charge on any atom is -0.496 e. The molecule has 4 nitrogen and oxygen atoms in total. The SMILES string of the molecule is CCCCn1c(-c2ccccc2OC)ccc(CN)c1=O. The molecule has 1 aromatic heterocycles. The maximum absolute atomic E-state index is 12.5. The predicted octanol–water partition coefficient (Wildman–Crippen LogP) is 2.78. The minimum atomic E-state index is -0.00523. The molecule has 2 rings (SSSR count). The van der Waals surface area contributed by atoms with Gasteiger partial charge in [0.05, 0.1) is 12.8 Å². The Morgan fingerprint density at radius 3 is 2.62 bits per heavy atom. The van der Waals surface area contributed by atoms with Gasteiger partial charge in [-0.05, 0) is 24.6 Å². The van der Waals surface area contributed by atoms with Crippen molar-refractivity contribution < 1.29 is 4.74 Å². The molecular formula is C17H22N2O2. The molecule has 0 aliphatic carbocycles. The molecule has 21 heavy (non-hydrogen) atoms. The molecule has 0 saturated heterocycles. The Balaban J connectivity index is 2.62. The zero-order chi connectivity index (χ0) is 15.2. The number of benzene rings is 1. The first-order valence-corrected chi connectivity index (χ1v) is 7.29. The molecule has 1 aromatic carbocycles. The van der Waals surface area contributed by atoms with E-state index in [1.807, 2.05) is 41.0 Å². The van der Waals surface area contributed by atoms with Crippen molar-refractivity contribution in [3.05, 3.63) is 52.3 Å². The lowest BCUT2D eigenvalue weighted by Crippen LogP contribution is -2.26. The summed E-state index contributed by atoms with van der Waals surface area (Å²) in [5, 5.41) is 0. The fraction of sp³-hybridized carbons (Fsp3) is 0.353. The van der Waals surface area contributed by atoms with Crippen LogP contribution in [-0.4, -0.2) is 11.7 Å². The second-order valence-corrected chi connectivity index (χ2v) is 4.96. The van der Waals surface area contributed by atoms with Crippen molar-refractivity contribution in [2.75, 3.05) is 7.11 Å². The Labute approximate surface area is 125 Å². The molecule has 0 aliphatic heterocycles. The average molecular weight is 286 g/mol. The smallest absolute Gasteiger partial charge is 0.255 e. The largest absolute Gasteiger partial charge is 0.496 e. The van der Waals surface area contributed by atoms with Crippen molar-refractivity contribution in [1.82, 2.24) is 4.57 Å². The van der Waals surface area contributed by atoms with Gasteiger partial charge in [-0.15, -0.1) is 0 Å². The van der Waals surface area contributed by atoms with Crippen LogP contribution in [0.3, 0.4) is 0 Å². The lowest BCUT2D eigenvalue weighted by atomic mass is 10.1. The van der Waals surface area contributed by atoms with E-state index in [0.29, 0.717) is 12.1 Å². The predicted molar refractivity (Wildman–Crippen MR) is 85.5 cm³/mol. The summed E-state index contributed by atoms with van der Waals surface area (Å²) in [6.07, 6.45) is 1.99. The normalized spacial score (nSPS) is 10.6. The maximum Gasteiger partial charge on any atom is 0.255 e. The summed E-state index contributed by atoms with van der Waals surface area (Å²) in [5.41, 5.74) is 8.10. The van der Waals surface area contributed by atoms with E-state index in [0.717, 1.165) is 29.8 Å². The zero-order valence-electron chi connectivity index (χ0n) is 12.6. The van der Waals surface area contributed by atoms with Gasteiger partial charge in [0.15, 0.2) is 0 Å². The first-order chi connectivity index (χ1) is 10.2. The molecule has 2 N–H and O–H groups in total. The summed E-state index contributed by atoms with van der Waals surface area (Å²) in [4.78, 5) is 12.5. The fourth-order valence-corrected chi connectivity index (χ4v) is 2.41. The number of nitrogens with two attached hydrogens (primary N) is 1. The van der Waals surface area contributed by atoms with Crippen LogP contribution in [0.2, 0.25) is 0 Å². The highest BCUT2D eigenvalue weighted by Crippen LogP contribution is 2.29. The van der Waals surface area contributed by atoms with E-state index in [1.54, 1.807) is 7.11 Å². The van der Waals surface area contributed by atoms with Crippen LogP contribution in [0.1, 0.15) is 25.3 Å². The second-order valence-electron chi connectivity index (χ2n) is 4.96. The Morgan fingerprint density at radius 1 is 1.19 bits per heavy atom. The fourth-order valence-electron chi connectivity index (χ4n) is 2.41. The van der Waals surface area contributed by atoms with Gasteiger partial charge < -0.3 is 15.0 Å². The zero-order valence-corrected chi connectivity index (χ0v) is 12.6. The van der Waals surface area contributed by atoms with E-state index in [9.17, 15) is 4.79 Å². The lowest BCUT2D eigenvalue weighted by Gasteiger charge is -2.16. The number of pyridine rings is 1. The number of aromatic nitrogens is 1. The van der Waals surface area contributed by atoms with E-state index in [2.05, 4.69) is 6.92 Å². The van der Waals surface area contributed by atoms with Gasteiger partial charge in [-0.1, -0.05) is 31.5 Å². The van der Waals surface area contributed by atoms with Crippen molar-refractivity contribution >= 4 is 0 Å². The number of rotatable bonds is 6. The van der Waals surface area contributed by atoms with Gasteiger partial charge in [0, 0.05) is 24.2 Å². The number of nitrogens with zero attached hydrogens (tertiary/aromatic N) is 1. The summed E-state index contributed by atoms with van der Waals surface area (Å²) >= 11 is 0. The molecule has 0 unspecified atom stereocenters. The molecule has 0 amide bonds. The third kappa shape index (κ3) is 3.16. The topological polar surface area (TPSA) is 57.2 Å². The molecular weight excluding hydrogens is 264 g/mol. The molecule has 0 saturated carbocycles. The lowest BCUT2D eigenvalue weighted by molar-refractivity contribution is 0.416. The molecule has 112 valence electrons. The molecule has 2 aromatic rings. The summed E-state index contributed by atoms with van der Waals surface area (Å²) in [6.45, 7) is 3.06. The van der Waals surface area contributed by atoms with Gasteiger partial charge in [-0.25, -0.2) is 0 Å². The van der Waals surface area contributed by atoms with Crippen LogP contribution in [0, 0.1) is 0 Å². The van der Waals surface area contributed by atoms with Gasteiger partial charge in [0.2, 0.25) is 0 Å². The number of para-hydroxylation sites is 1. The molecule has 0 spiro atoms. The van der Waals surface area contributed by atoms with Gasteiger partial charge in [-0.3, -0.25) is 4.79 Å². The van der Waals surface area contributed by atoms with Crippen molar-refractivity contribution in [3.8, 4) is 17.0 Å². The van der Waals surface area contributed by atoms with Crippen LogP contribution < -0.4 is 16.0 Å². The molecule has 0 bridgehead atoms. The highest BCUT2D eigenvalue weighted by Gasteiger charge is 2.12. The first-order valence-electron chi connectivity index (χ1n) is 7.29. The van der Waals surface area contributed by atoms with Crippen molar-refractivity contribution in [2.45, 2.75) is 32.9 Å². The van der Waals surface area contributed by atoms with Gasteiger partial charge in [0.1, 0.15) is 5.75 Å². The average Bonchev–Trinajstić information content (AvgIpc) is 2.53. The van der Waals surface area contributed by atoms with E-state index < -0.39 is 0 Å². The van der Waals surface area contributed by atoms with Crippen LogP contribution in [-0.2, 0) is 13.1 Å². The van der Waals surface area contributed by atoms with Crippen LogP contribution in [0.4, 0.5) is 0 Å². The first kappa shape index (κ1) is 15.3. The van der Waals surface area contributed by atoms with Gasteiger partial charge >= 0.3 is 0 Å². The van der Waals surface area contributed by atoms with E-state index in [4.69, 9.17) is 10.5 Å². The van der Waals surface area contributed by atoms with Gasteiger partial charge in [-0.2, -0.15) is 0 Å². The molecule has 0 fully saturated rings. The standard InChI is InChI=1S/C17H22N2O2/c1-3-4-11-19-15(10-9-13(12-18)17(19)20)14-7-5-6-8-16(14)21-2/h5-10H,3-4,11-12,18H2,1-2H3. The summed E-state index contributed by atoms with van der Waals surface area (Å²) in [6, 6.07) is 11.5. The number of hydrogen-bond acceptors (Lipinski definition) is 3. The maximum atomic E-state index is 12.5. The minimum absolute atomic E-state index is 0.00523. The van der Waals surface area contributed by atoms with Crippen molar-refractivity contribution in [2.24, 2.45) is 5.73 Å². The van der Waals surface area contributed by atoms with Crippen LogP contribution >= 0.6 is 0 Å². The number of unbranched alkanes of at least 4 members (excludes halogenated alkanes) is 1. The third-order valence-corrected chi connectivity index (χ3v) is 3.59. The van der Waals surface area contributed by atoms with Crippen molar-refractivity contribution in [3.63, 3.8) is 0 Å².